The molecule has 1 aliphatic heterocycles. The number of anilines is 1. The molecule has 0 bridgehead atoms. The molecule has 0 radical (unpaired) electrons. The summed E-state index contributed by atoms with van der Waals surface area (Å²) < 4.78 is 6.61. The van der Waals surface area contributed by atoms with Gasteiger partial charge in [-0.25, -0.2) is 0 Å². The van der Waals surface area contributed by atoms with Gasteiger partial charge in [-0.15, -0.1) is 0 Å². The van der Waals surface area contributed by atoms with Crippen LogP contribution in [0.1, 0.15) is 43.7 Å². The highest BCUT2D eigenvalue weighted by atomic mass is 35.5. The first-order chi connectivity index (χ1) is 18.4. The number of piperidine rings is 1. The molecule has 1 unspecified atom stereocenters. The molecular formula is C32H34ClN3O2. The number of hydrogen-bond acceptors (Lipinski definition) is 4. The number of nitrogens with zero attached hydrogens (tertiary/aromatic N) is 1. The van der Waals surface area contributed by atoms with E-state index in [9.17, 15) is 4.79 Å². The second-order valence-corrected chi connectivity index (χ2v) is 10.7. The SMILES string of the molecule is CC(=O)Nc1ccc(-c2cc3c(OCCC4CCCCN4)c(-c4cc(C)cc(C)c4)cnc3cc2Cl)cc1. The molecule has 1 aliphatic rings. The molecule has 0 saturated carbocycles. The van der Waals surface area contributed by atoms with Gasteiger partial charge in [0, 0.05) is 41.4 Å². The lowest BCUT2D eigenvalue weighted by molar-refractivity contribution is -0.114. The average molecular weight is 528 g/mol. The van der Waals surface area contributed by atoms with Gasteiger partial charge in [0.05, 0.1) is 17.1 Å². The fourth-order valence-electron chi connectivity index (χ4n) is 5.31. The van der Waals surface area contributed by atoms with E-state index in [1.165, 1.54) is 37.3 Å². The van der Waals surface area contributed by atoms with Crippen molar-refractivity contribution in [1.82, 2.24) is 10.3 Å². The Hall–Kier alpha value is -3.41. The van der Waals surface area contributed by atoms with Crippen molar-refractivity contribution in [2.45, 2.75) is 52.5 Å². The van der Waals surface area contributed by atoms with Crippen molar-refractivity contribution in [2.75, 3.05) is 18.5 Å². The lowest BCUT2D eigenvalue weighted by atomic mass is 9.97. The molecule has 1 saturated heterocycles. The normalized spacial score (nSPS) is 15.4. The molecule has 1 fully saturated rings. The van der Waals surface area contributed by atoms with Crippen LogP contribution in [0.15, 0.2) is 60.8 Å². The van der Waals surface area contributed by atoms with Crippen molar-refractivity contribution in [3.8, 4) is 28.0 Å². The summed E-state index contributed by atoms with van der Waals surface area (Å²) in [5.74, 6) is 0.736. The van der Waals surface area contributed by atoms with Crippen molar-refractivity contribution >= 4 is 34.1 Å². The standard InChI is InChI=1S/C32H34ClN3O2/c1-20-14-21(2)16-24(15-20)29-19-35-31-18-30(33)27(23-7-9-26(10-8-23)36-22(3)37)17-28(31)32(29)38-13-11-25-6-4-5-12-34-25/h7-10,14-19,25,34H,4-6,11-13H2,1-3H3,(H,36,37). The number of carbonyl (C=O) groups is 1. The number of fused-ring (bicyclic) bond motifs is 1. The van der Waals surface area contributed by atoms with Gasteiger partial charge in [0.25, 0.3) is 0 Å². The van der Waals surface area contributed by atoms with E-state index in [2.05, 4.69) is 48.7 Å². The van der Waals surface area contributed by atoms with E-state index < -0.39 is 0 Å². The number of nitrogens with one attached hydrogen (secondary N) is 2. The van der Waals surface area contributed by atoms with Crippen molar-refractivity contribution in [1.29, 1.82) is 0 Å². The lowest BCUT2D eigenvalue weighted by Crippen LogP contribution is -2.35. The predicted molar refractivity (Wildman–Crippen MR) is 157 cm³/mol. The molecule has 3 aromatic carbocycles. The Balaban J connectivity index is 1.57. The van der Waals surface area contributed by atoms with Gasteiger partial charge in [-0.1, -0.05) is 59.5 Å². The molecule has 6 heteroatoms. The smallest absolute Gasteiger partial charge is 0.221 e. The Morgan fingerprint density at radius 3 is 2.47 bits per heavy atom. The van der Waals surface area contributed by atoms with Crippen molar-refractivity contribution in [3.63, 3.8) is 0 Å². The Morgan fingerprint density at radius 2 is 1.79 bits per heavy atom. The third-order valence-corrected chi connectivity index (χ3v) is 7.39. The lowest BCUT2D eigenvalue weighted by Gasteiger charge is -2.24. The molecule has 1 atom stereocenters. The van der Waals surface area contributed by atoms with Crippen LogP contribution < -0.4 is 15.4 Å². The Morgan fingerprint density at radius 1 is 1.03 bits per heavy atom. The highest BCUT2D eigenvalue weighted by molar-refractivity contribution is 6.34. The van der Waals surface area contributed by atoms with E-state index in [1.807, 2.05) is 36.5 Å². The third-order valence-electron chi connectivity index (χ3n) is 7.08. The van der Waals surface area contributed by atoms with Gasteiger partial charge in [-0.2, -0.15) is 0 Å². The number of rotatable bonds is 7. The van der Waals surface area contributed by atoms with Crippen LogP contribution in [0.5, 0.6) is 5.75 Å². The van der Waals surface area contributed by atoms with Gasteiger partial charge in [0.15, 0.2) is 0 Å². The molecule has 2 heterocycles. The van der Waals surface area contributed by atoms with E-state index in [-0.39, 0.29) is 5.91 Å². The van der Waals surface area contributed by atoms with E-state index in [0.717, 1.165) is 57.6 Å². The minimum atomic E-state index is -0.100. The summed E-state index contributed by atoms with van der Waals surface area (Å²) >= 11 is 6.76. The maximum absolute atomic E-state index is 11.4. The molecule has 1 amide bonds. The van der Waals surface area contributed by atoms with Crippen LogP contribution in [0.4, 0.5) is 5.69 Å². The van der Waals surface area contributed by atoms with Crippen LogP contribution in [-0.4, -0.2) is 30.1 Å². The second-order valence-electron chi connectivity index (χ2n) is 10.3. The monoisotopic (exact) mass is 527 g/mol. The minimum absolute atomic E-state index is 0.100. The first kappa shape index (κ1) is 26.2. The highest BCUT2D eigenvalue weighted by Crippen LogP contribution is 2.41. The van der Waals surface area contributed by atoms with Crippen LogP contribution in [0.2, 0.25) is 5.02 Å². The number of aryl methyl sites for hydroxylation is 2. The number of carbonyl (C=O) groups excluding carboxylic acids is 1. The maximum Gasteiger partial charge on any atom is 0.221 e. The van der Waals surface area contributed by atoms with E-state index >= 15 is 0 Å². The van der Waals surface area contributed by atoms with Gasteiger partial charge in [0.2, 0.25) is 5.91 Å². The van der Waals surface area contributed by atoms with E-state index in [4.69, 9.17) is 21.3 Å². The molecule has 4 aromatic rings. The number of halogens is 1. The number of benzene rings is 3. The van der Waals surface area contributed by atoms with Crippen LogP contribution in [0.25, 0.3) is 33.2 Å². The van der Waals surface area contributed by atoms with Crippen molar-refractivity contribution in [3.05, 3.63) is 76.9 Å². The molecule has 1 aromatic heterocycles. The first-order valence-electron chi connectivity index (χ1n) is 13.3. The summed E-state index contributed by atoms with van der Waals surface area (Å²) in [5.41, 5.74) is 7.88. The molecular weight excluding hydrogens is 494 g/mol. The fourth-order valence-corrected chi connectivity index (χ4v) is 5.58. The fraction of sp³-hybridized carbons (Fsp3) is 0.312. The van der Waals surface area contributed by atoms with Crippen molar-refractivity contribution in [2.24, 2.45) is 0 Å². The first-order valence-corrected chi connectivity index (χ1v) is 13.7. The summed E-state index contributed by atoms with van der Waals surface area (Å²) in [6, 6.07) is 18.7. The number of amides is 1. The van der Waals surface area contributed by atoms with Crippen LogP contribution in [-0.2, 0) is 4.79 Å². The minimum Gasteiger partial charge on any atom is -0.492 e. The van der Waals surface area contributed by atoms with Gasteiger partial charge < -0.3 is 15.4 Å². The Bertz CT molecular complexity index is 1440. The van der Waals surface area contributed by atoms with Gasteiger partial charge in [-0.3, -0.25) is 9.78 Å². The summed E-state index contributed by atoms with van der Waals surface area (Å²) in [4.78, 5) is 16.2. The Kier molecular flexibility index (Phi) is 7.96. The zero-order chi connectivity index (χ0) is 26.6. The summed E-state index contributed by atoms with van der Waals surface area (Å²) in [7, 11) is 0. The zero-order valence-electron chi connectivity index (χ0n) is 22.2. The molecule has 2 N–H and O–H groups in total. The summed E-state index contributed by atoms with van der Waals surface area (Å²) in [5, 5.41) is 7.99. The van der Waals surface area contributed by atoms with E-state index in [0.29, 0.717) is 17.7 Å². The largest absolute Gasteiger partial charge is 0.492 e. The maximum atomic E-state index is 11.4. The van der Waals surface area contributed by atoms with Gasteiger partial charge >= 0.3 is 0 Å². The Labute approximate surface area is 229 Å². The number of aromatic nitrogens is 1. The molecule has 0 spiro atoms. The third kappa shape index (κ3) is 6.01. The van der Waals surface area contributed by atoms with Crippen LogP contribution in [0.3, 0.4) is 0 Å². The van der Waals surface area contributed by atoms with E-state index in [1.54, 1.807) is 0 Å². The molecule has 196 valence electrons. The molecule has 0 aliphatic carbocycles. The van der Waals surface area contributed by atoms with Crippen molar-refractivity contribution < 1.29 is 9.53 Å². The topological polar surface area (TPSA) is 63.2 Å². The molecule has 5 rings (SSSR count). The number of pyridine rings is 1. The second kappa shape index (κ2) is 11.5. The zero-order valence-corrected chi connectivity index (χ0v) is 23.0. The summed E-state index contributed by atoms with van der Waals surface area (Å²) in [6.07, 6.45) is 6.58. The highest BCUT2D eigenvalue weighted by Gasteiger charge is 2.18. The quantitative estimate of drug-likeness (QED) is 0.258. The molecule has 5 nitrogen and oxygen atoms in total. The van der Waals surface area contributed by atoms with Gasteiger partial charge in [0.1, 0.15) is 5.75 Å². The van der Waals surface area contributed by atoms with Crippen LogP contribution >= 0.6 is 11.6 Å². The number of hydrogen-bond donors (Lipinski definition) is 2. The molecule has 38 heavy (non-hydrogen) atoms. The van der Waals surface area contributed by atoms with Gasteiger partial charge in [-0.05, 0) is 75.0 Å². The average Bonchev–Trinajstić information content (AvgIpc) is 2.88. The number of ether oxygens (including phenoxy) is 1. The predicted octanol–water partition coefficient (Wildman–Crippen LogP) is 7.71. The summed E-state index contributed by atoms with van der Waals surface area (Å²) in [6.45, 7) is 7.43. The van der Waals surface area contributed by atoms with Crippen LogP contribution in [0, 0.1) is 13.8 Å².